The Bertz CT molecular complexity index is 308. The van der Waals surface area contributed by atoms with E-state index in [0.717, 1.165) is 45.1 Å². The number of carboxylic acids is 1. The fraction of sp³-hybridized carbons (Fsp3) is 0.929. The summed E-state index contributed by atoms with van der Waals surface area (Å²) in [6.45, 7) is 8.40. The molecule has 19 heavy (non-hydrogen) atoms. The molecule has 5 heteroatoms. The molecule has 0 aromatic carbocycles. The van der Waals surface area contributed by atoms with E-state index in [1.54, 1.807) is 6.92 Å². The summed E-state index contributed by atoms with van der Waals surface area (Å²) in [4.78, 5) is 15.9. The second kappa shape index (κ2) is 6.20. The molecule has 3 N–H and O–H groups in total. The van der Waals surface area contributed by atoms with Crippen molar-refractivity contribution < 1.29 is 9.90 Å². The van der Waals surface area contributed by atoms with E-state index in [9.17, 15) is 4.79 Å². The molecule has 110 valence electrons. The summed E-state index contributed by atoms with van der Waals surface area (Å²) >= 11 is 0. The topological polar surface area (TPSA) is 69.8 Å². The van der Waals surface area contributed by atoms with Crippen molar-refractivity contribution in [3.63, 3.8) is 0 Å². The average Bonchev–Trinajstić information content (AvgIpc) is 3.15. The molecule has 2 rings (SSSR count). The number of piperazine rings is 1. The second-order valence-electron chi connectivity index (χ2n) is 6.41. The Balaban J connectivity index is 1.58. The maximum absolute atomic E-state index is 10.9. The normalized spacial score (nSPS) is 25.2. The van der Waals surface area contributed by atoms with Crippen molar-refractivity contribution in [2.24, 2.45) is 11.7 Å². The molecule has 1 unspecified atom stereocenters. The maximum Gasteiger partial charge on any atom is 0.323 e. The van der Waals surface area contributed by atoms with Gasteiger partial charge in [-0.3, -0.25) is 4.79 Å². The van der Waals surface area contributed by atoms with Gasteiger partial charge >= 0.3 is 5.97 Å². The first-order valence-electron chi connectivity index (χ1n) is 7.44. The fourth-order valence-corrected chi connectivity index (χ4v) is 2.64. The largest absolute Gasteiger partial charge is 0.480 e. The predicted molar refractivity (Wildman–Crippen MR) is 75.1 cm³/mol. The summed E-state index contributed by atoms with van der Waals surface area (Å²) in [5.41, 5.74) is 4.66. The van der Waals surface area contributed by atoms with Crippen LogP contribution in [-0.2, 0) is 4.79 Å². The Labute approximate surface area is 115 Å². The molecule has 0 radical (unpaired) electrons. The second-order valence-corrected chi connectivity index (χ2v) is 6.41. The minimum absolute atomic E-state index is 0.546. The molecule has 0 aromatic rings. The van der Waals surface area contributed by atoms with E-state index in [0.29, 0.717) is 6.42 Å². The van der Waals surface area contributed by atoms with Crippen LogP contribution in [0, 0.1) is 5.92 Å². The number of rotatable bonds is 7. The number of nitrogens with two attached hydrogens (primary N) is 1. The van der Waals surface area contributed by atoms with Gasteiger partial charge in [-0.1, -0.05) is 0 Å². The van der Waals surface area contributed by atoms with Gasteiger partial charge in [-0.25, -0.2) is 0 Å². The van der Waals surface area contributed by atoms with Crippen molar-refractivity contribution in [2.45, 2.75) is 38.1 Å². The van der Waals surface area contributed by atoms with Crippen LogP contribution in [0.15, 0.2) is 0 Å². The number of hydrogen-bond donors (Lipinski definition) is 2. The van der Waals surface area contributed by atoms with E-state index in [1.807, 2.05) is 0 Å². The molecule has 1 saturated carbocycles. The van der Waals surface area contributed by atoms with Crippen LogP contribution in [0.5, 0.6) is 0 Å². The highest BCUT2D eigenvalue weighted by Gasteiger charge is 2.28. The van der Waals surface area contributed by atoms with Crippen molar-refractivity contribution in [3.05, 3.63) is 0 Å². The first kappa shape index (κ1) is 14.8. The minimum Gasteiger partial charge on any atom is -0.480 e. The molecule has 1 heterocycles. The predicted octanol–water partition coefficient (Wildman–Crippen LogP) is 0.596. The van der Waals surface area contributed by atoms with Crippen LogP contribution in [-0.4, -0.2) is 65.7 Å². The van der Waals surface area contributed by atoms with Gasteiger partial charge in [-0.15, -0.1) is 0 Å². The Morgan fingerprint density at radius 3 is 2.37 bits per heavy atom. The number of aliphatic carboxylic acids is 1. The highest BCUT2D eigenvalue weighted by Crippen LogP contribution is 2.29. The van der Waals surface area contributed by atoms with Crippen LogP contribution >= 0.6 is 0 Å². The molecular formula is C14H27N3O2. The standard InChI is InChI=1S/C14H27N3O2/c1-14(15,13(18)19)5-2-6-16-7-9-17(10-8-16)11-12-3-4-12/h12H,2-11,15H2,1H3,(H,18,19). The highest BCUT2D eigenvalue weighted by atomic mass is 16.4. The molecular weight excluding hydrogens is 242 g/mol. The summed E-state index contributed by atoms with van der Waals surface area (Å²) in [7, 11) is 0. The van der Waals surface area contributed by atoms with Gasteiger partial charge in [-0.05, 0) is 45.1 Å². The lowest BCUT2D eigenvalue weighted by atomic mass is 9.97. The van der Waals surface area contributed by atoms with E-state index in [-0.39, 0.29) is 0 Å². The van der Waals surface area contributed by atoms with Gasteiger partial charge in [0.15, 0.2) is 0 Å². The summed E-state index contributed by atoms with van der Waals surface area (Å²) < 4.78 is 0. The molecule has 1 aliphatic heterocycles. The Morgan fingerprint density at radius 2 is 1.84 bits per heavy atom. The zero-order chi connectivity index (χ0) is 13.9. The van der Waals surface area contributed by atoms with Crippen molar-refractivity contribution in [3.8, 4) is 0 Å². The van der Waals surface area contributed by atoms with E-state index in [1.165, 1.54) is 19.4 Å². The van der Waals surface area contributed by atoms with Crippen LogP contribution in [0.3, 0.4) is 0 Å². The van der Waals surface area contributed by atoms with E-state index in [4.69, 9.17) is 10.8 Å². The van der Waals surface area contributed by atoms with Crippen molar-refractivity contribution in [1.82, 2.24) is 9.80 Å². The van der Waals surface area contributed by atoms with Crippen molar-refractivity contribution in [1.29, 1.82) is 0 Å². The third kappa shape index (κ3) is 4.75. The Morgan fingerprint density at radius 1 is 1.26 bits per heavy atom. The summed E-state index contributed by atoms with van der Waals surface area (Å²) in [5.74, 6) is 0.0711. The van der Waals surface area contributed by atoms with Gasteiger partial charge in [0.05, 0.1) is 0 Å². The SMILES string of the molecule is CC(N)(CCCN1CCN(CC2CC2)CC1)C(=O)O. The smallest absolute Gasteiger partial charge is 0.323 e. The van der Waals surface area contributed by atoms with E-state index >= 15 is 0 Å². The average molecular weight is 269 g/mol. The minimum atomic E-state index is -1.08. The summed E-state index contributed by atoms with van der Waals surface area (Å²) in [6, 6.07) is 0. The molecule has 1 aliphatic carbocycles. The fourth-order valence-electron chi connectivity index (χ4n) is 2.64. The van der Waals surface area contributed by atoms with Crippen LogP contribution in [0.25, 0.3) is 0 Å². The van der Waals surface area contributed by atoms with Crippen LogP contribution in [0.1, 0.15) is 32.6 Å². The number of carboxylic acid groups (broad SMARTS) is 1. The van der Waals surface area contributed by atoms with E-state index < -0.39 is 11.5 Å². The molecule has 0 amide bonds. The first-order valence-corrected chi connectivity index (χ1v) is 7.44. The zero-order valence-electron chi connectivity index (χ0n) is 12.0. The lowest BCUT2D eigenvalue weighted by Crippen LogP contribution is -2.48. The van der Waals surface area contributed by atoms with Gasteiger partial charge in [0.1, 0.15) is 5.54 Å². The quantitative estimate of drug-likeness (QED) is 0.708. The number of nitrogens with zero attached hydrogens (tertiary/aromatic N) is 2. The van der Waals surface area contributed by atoms with Gasteiger partial charge in [0.25, 0.3) is 0 Å². The molecule has 5 nitrogen and oxygen atoms in total. The van der Waals surface area contributed by atoms with Crippen molar-refractivity contribution >= 4 is 5.97 Å². The maximum atomic E-state index is 10.9. The molecule has 0 aromatic heterocycles. The lowest BCUT2D eigenvalue weighted by Gasteiger charge is -2.35. The molecule has 1 atom stereocenters. The zero-order valence-corrected chi connectivity index (χ0v) is 12.0. The van der Waals surface area contributed by atoms with Crippen LogP contribution in [0.4, 0.5) is 0 Å². The lowest BCUT2D eigenvalue weighted by molar-refractivity contribution is -0.142. The molecule has 1 saturated heterocycles. The number of carbonyl (C=O) groups is 1. The Hall–Kier alpha value is -0.650. The Kier molecular flexibility index (Phi) is 4.81. The molecule has 2 fully saturated rings. The van der Waals surface area contributed by atoms with Gasteiger partial charge in [-0.2, -0.15) is 0 Å². The third-order valence-electron chi connectivity index (χ3n) is 4.34. The summed E-state index contributed by atoms with van der Waals surface area (Å²) in [5, 5.41) is 8.96. The molecule has 0 spiro atoms. The van der Waals surface area contributed by atoms with Crippen LogP contribution < -0.4 is 5.73 Å². The van der Waals surface area contributed by atoms with Gasteiger partial charge in [0.2, 0.25) is 0 Å². The van der Waals surface area contributed by atoms with E-state index in [2.05, 4.69) is 9.80 Å². The van der Waals surface area contributed by atoms with Gasteiger partial charge < -0.3 is 20.6 Å². The molecule has 2 aliphatic rings. The highest BCUT2D eigenvalue weighted by molar-refractivity contribution is 5.77. The first-order chi connectivity index (χ1) is 8.97. The monoisotopic (exact) mass is 269 g/mol. The third-order valence-corrected chi connectivity index (χ3v) is 4.34. The number of hydrogen-bond acceptors (Lipinski definition) is 4. The molecule has 0 bridgehead atoms. The van der Waals surface area contributed by atoms with Crippen LogP contribution in [0.2, 0.25) is 0 Å². The summed E-state index contributed by atoms with van der Waals surface area (Å²) in [6.07, 6.45) is 4.25. The van der Waals surface area contributed by atoms with Crippen molar-refractivity contribution in [2.75, 3.05) is 39.3 Å². The van der Waals surface area contributed by atoms with Gasteiger partial charge in [0, 0.05) is 32.7 Å².